The Balaban J connectivity index is 1.73. The Morgan fingerprint density at radius 2 is 2.04 bits per heavy atom. The Bertz CT molecular complexity index is 579. The van der Waals surface area contributed by atoms with Gasteiger partial charge in [-0.1, -0.05) is 23.7 Å². The highest BCUT2D eigenvalue weighted by molar-refractivity contribution is 6.30. The van der Waals surface area contributed by atoms with Crippen LogP contribution in [0.15, 0.2) is 24.3 Å². The van der Waals surface area contributed by atoms with Crippen LogP contribution in [0.5, 0.6) is 0 Å². The number of aliphatic hydroxyl groups is 1. The zero-order chi connectivity index (χ0) is 16.6. The second-order valence-corrected chi connectivity index (χ2v) is 7.49. The van der Waals surface area contributed by atoms with Crippen LogP contribution in [0, 0.1) is 0 Å². The van der Waals surface area contributed by atoms with E-state index in [1.807, 2.05) is 6.07 Å². The zero-order valence-electron chi connectivity index (χ0n) is 13.7. The van der Waals surface area contributed by atoms with Gasteiger partial charge in [-0.3, -0.25) is 4.79 Å². The third-order valence-corrected chi connectivity index (χ3v) is 5.79. The largest absolute Gasteiger partial charge is 0.462 e. The van der Waals surface area contributed by atoms with E-state index in [4.69, 9.17) is 16.3 Å². The summed E-state index contributed by atoms with van der Waals surface area (Å²) >= 11 is 6.03. The molecule has 0 aromatic heterocycles. The minimum Gasteiger partial charge on any atom is -0.462 e. The van der Waals surface area contributed by atoms with E-state index < -0.39 is 5.41 Å². The average molecular weight is 338 g/mol. The van der Waals surface area contributed by atoms with Gasteiger partial charge < -0.3 is 14.7 Å². The Morgan fingerprint density at radius 1 is 1.39 bits per heavy atom. The van der Waals surface area contributed by atoms with Gasteiger partial charge in [0.15, 0.2) is 0 Å². The van der Waals surface area contributed by atoms with Crippen LogP contribution in [0.4, 0.5) is 0 Å². The minimum atomic E-state index is -1.08. The van der Waals surface area contributed by atoms with Crippen LogP contribution in [0.1, 0.15) is 38.2 Å². The molecule has 2 aliphatic rings. The van der Waals surface area contributed by atoms with Gasteiger partial charge in [-0.05, 0) is 57.4 Å². The molecule has 126 valence electrons. The number of halogens is 1. The highest BCUT2D eigenvalue weighted by Crippen LogP contribution is 2.37. The monoisotopic (exact) mass is 337 g/mol. The fourth-order valence-corrected chi connectivity index (χ4v) is 4.03. The molecule has 1 aromatic rings. The number of piperidine rings is 1. The van der Waals surface area contributed by atoms with Gasteiger partial charge in [0.05, 0.1) is 6.61 Å². The van der Waals surface area contributed by atoms with Gasteiger partial charge in [0.1, 0.15) is 11.5 Å². The highest BCUT2D eigenvalue weighted by Gasteiger charge is 2.43. The number of carbonyl (C=O) groups excluding carboxylic acids is 1. The molecule has 3 rings (SSSR count). The van der Waals surface area contributed by atoms with Crippen molar-refractivity contribution in [3.8, 4) is 0 Å². The van der Waals surface area contributed by atoms with Gasteiger partial charge in [0.25, 0.3) is 0 Å². The third kappa shape index (κ3) is 3.12. The fourth-order valence-electron chi connectivity index (χ4n) is 3.84. The molecular formula is C18H24ClNO3. The predicted molar refractivity (Wildman–Crippen MR) is 89.6 cm³/mol. The second kappa shape index (κ2) is 6.42. The lowest BCUT2D eigenvalue weighted by atomic mass is 9.83. The molecule has 5 heteroatoms. The van der Waals surface area contributed by atoms with Gasteiger partial charge >= 0.3 is 5.97 Å². The second-order valence-electron chi connectivity index (χ2n) is 7.05. The van der Waals surface area contributed by atoms with E-state index in [9.17, 15) is 9.90 Å². The lowest BCUT2D eigenvalue weighted by molar-refractivity contribution is -0.160. The molecule has 1 aromatic carbocycles. The van der Waals surface area contributed by atoms with Gasteiger partial charge in [-0.2, -0.15) is 0 Å². The number of fused-ring (bicyclic) bond motifs is 2. The van der Waals surface area contributed by atoms with E-state index in [0.717, 1.165) is 12.8 Å². The minimum absolute atomic E-state index is 0.0544. The van der Waals surface area contributed by atoms with Crippen molar-refractivity contribution >= 4 is 17.6 Å². The van der Waals surface area contributed by atoms with Crippen molar-refractivity contribution in [3.05, 3.63) is 34.9 Å². The number of esters is 1. The Morgan fingerprint density at radius 3 is 2.61 bits per heavy atom. The first-order valence-electron chi connectivity index (χ1n) is 8.24. The summed E-state index contributed by atoms with van der Waals surface area (Å²) < 4.78 is 5.80. The first kappa shape index (κ1) is 16.7. The zero-order valence-corrected chi connectivity index (χ0v) is 14.4. The quantitative estimate of drug-likeness (QED) is 0.858. The molecule has 1 N–H and O–H groups in total. The lowest BCUT2D eigenvalue weighted by Gasteiger charge is -2.37. The molecule has 3 unspecified atom stereocenters. The topological polar surface area (TPSA) is 49.8 Å². The van der Waals surface area contributed by atoms with Crippen molar-refractivity contribution in [2.24, 2.45) is 0 Å². The molecule has 2 fully saturated rings. The molecule has 2 aliphatic heterocycles. The van der Waals surface area contributed by atoms with Gasteiger partial charge in [0, 0.05) is 17.1 Å². The van der Waals surface area contributed by atoms with Crippen molar-refractivity contribution in [1.29, 1.82) is 0 Å². The number of hydrogen-bond donors (Lipinski definition) is 1. The normalized spacial score (nSPS) is 30.0. The molecular weight excluding hydrogens is 314 g/mol. The van der Waals surface area contributed by atoms with E-state index in [1.54, 1.807) is 25.1 Å². The van der Waals surface area contributed by atoms with E-state index >= 15 is 0 Å². The van der Waals surface area contributed by atoms with Crippen molar-refractivity contribution in [3.63, 3.8) is 0 Å². The molecule has 4 nitrogen and oxygen atoms in total. The third-order valence-electron chi connectivity index (χ3n) is 5.56. The summed E-state index contributed by atoms with van der Waals surface area (Å²) in [7, 11) is 2.16. The fraction of sp³-hybridized carbons (Fsp3) is 0.611. The summed E-state index contributed by atoms with van der Waals surface area (Å²) in [4.78, 5) is 15.2. The van der Waals surface area contributed by atoms with Crippen LogP contribution < -0.4 is 0 Å². The van der Waals surface area contributed by atoms with Crippen LogP contribution in [0.2, 0.25) is 5.02 Å². The Hall–Kier alpha value is -1.10. The number of carbonyl (C=O) groups is 1. The number of aliphatic hydroxyl groups excluding tert-OH is 1. The molecule has 3 atom stereocenters. The maximum absolute atomic E-state index is 12.8. The smallest absolute Gasteiger partial charge is 0.318 e. The van der Waals surface area contributed by atoms with E-state index in [0.29, 0.717) is 22.7 Å². The molecule has 2 saturated heterocycles. The number of nitrogens with zero attached hydrogens (tertiary/aromatic N) is 1. The molecule has 2 bridgehead atoms. The number of benzene rings is 1. The maximum atomic E-state index is 12.8. The van der Waals surface area contributed by atoms with E-state index in [2.05, 4.69) is 11.9 Å². The summed E-state index contributed by atoms with van der Waals surface area (Å²) in [5.74, 6) is -0.365. The van der Waals surface area contributed by atoms with E-state index in [-0.39, 0.29) is 18.7 Å². The molecule has 0 spiro atoms. The first-order chi connectivity index (χ1) is 10.9. The summed E-state index contributed by atoms with van der Waals surface area (Å²) in [5, 5.41) is 10.4. The van der Waals surface area contributed by atoms with Crippen LogP contribution in [-0.2, 0) is 14.9 Å². The first-order valence-corrected chi connectivity index (χ1v) is 8.62. The summed E-state index contributed by atoms with van der Waals surface area (Å²) in [6.45, 7) is 1.41. The molecule has 0 saturated carbocycles. The summed E-state index contributed by atoms with van der Waals surface area (Å²) in [6.07, 6.45) is 4.08. The predicted octanol–water partition coefficient (Wildman–Crippen LogP) is 2.76. The Labute approximate surface area is 142 Å². The number of hydrogen-bond acceptors (Lipinski definition) is 4. The molecule has 23 heavy (non-hydrogen) atoms. The highest BCUT2D eigenvalue weighted by atomic mass is 35.5. The maximum Gasteiger partial charge on any atom is 0.318 e. The average Bonchev–Trinajstić information content (AvgIpc) is 2.75. The standard InChI is InChI=1S/C18H24ClNO3/c1-18(11-21,12-4-3-5-13(19)8-12)17(22)23-16-9-14-6-7-15(10-16)20(14)2/h3-5,8,14-16,21H,6-7,9-11H2,1-2H3. The van der Waals surface area contributed by atoms with E-state index in [1.165, 1.54) is 12.8 Å². The van der Waals surface area contributed by atoms with Crippen molar-refractivity contribution in [2.45, 2.75) is 56.2 Å². The van der Waals surface area contributed by atoms with Gasteiger partial charge in [-0.25, -0.2) is 0 Å². The van der Waals surface area contributed by atoms with Crippen LogP contribution in [0.3, 0.4) is 0 Å². The van der Waals surface area contributed by atoms with Crippen molar-refractivity contribution in [2.75, 3.05) is 13.7 Å². The molecule has 0 aliphatic carbocycles. The SMILES string of the molecule is CN1C2CCC1CC(OC(=O)C(C)(CO)c1cccc(Cl)c1)C2. The van der Waals surface area contributed by atoms with Crippen LogP contribution in [-0.4, -0.2) is 47.8 Å². The number of rotatable bonds is 4. The van der Waals surface area contributed by atoms with Crippen LogP contribution in [0.25, 0.3) is 0 Å². The molecule has 2 heterocycles. The van der Waals surface area contributed by atoms with Crippen LogP contribution >= 0.6 is 11.6 Å². The summed E-state index contributed by atoms with van der Waals surface area (Å²) in [6, 6.07) is 8.09. The van der Waals surface area contributed by atoms with Crippen molar-refractivity contribution < 1.29 is 14.6 Å². The number of ether oxygens (including phenoxy) is 1. The summed E-state index contributed by atoms with van der Waals surface area (Å²) in [5.41, 5.74) is -0.388. The Kier molecular flexibility index (Phi) is 4.68. The van der Waals surface area contributed by atoms with Gasteiger partial charge in [-0.15, -0.1) is 0 Å². The molecule has 0 radical (unpaired) electrons. The van der Waals surface area contributed by atoms with Gasteiger partial charge in [0.2, 0.25) is 0 Å². The lowest BCUT2D eigenvalue weighted by Crippen LogP contribution is -2.46. The molecule has 0 amide bonds. The van der Waals surface area contributed by atoms with Crippen molar-refractivity contribution in [1.82, 2.24) is 4.90 Å².